The van der Waals surface area contributed by atoms with Gasteiger partial charge in [0.15, 0.2) is 0 Å². The first kappa shape index (κ1) is 14.3. The van der Waals surface area contributed by atoms with Crippen LogP contribution in [0.15, 0.2) is 0 Å². The molecule has 18 heavy (non-hydrogen) atoms. The zero-order valence-corrected chi connectivity index (χ0v) is 12.5. The normalized spacial score (nSPS) is 29.7. The molecule has 2 saturated heterocycles. The fourth-order valence-corrected chi connectivity index (χ4v) is 3.33. The average molecular weight is 254 g/mol. The summed E-state index contributed by atoms with van der Waals surface area (Å²) < 4.78 is 5.47. The second-order valence-electron chi connectivity index (χ2n) is 7.42. The van der Waals surface area contributed by atoms with E-state index >= 15 is 0 Å². The molecule has 1 atom stereocenters. The molecule has 2 heterocycles. The van der Waals surface area contributed by atoms with Gasteiger partial charge in [-0.1, -0.05) is 13.8 Å². The van der Waals surface area contributed by atoms with Crippen LogP contribution in [-0.2, 0) is 4.74 Å². The second-order valence-corrected chi connectivity index (χ2v) is 7.42. The zero-order valence-electron chi connectivity index (χ0n) is 12.5. The van der Waals surface area contributed by atoms with Crippen LogP contribution in [0.5, 0.6) is 0 Å². The van der Waals surface area contributed by atoms with Gasteiger partial charge < -0.3 is 15.4 Å². The van der Waals surface area contributed by atoms with E-state index in [0.29, 0.717) is 17.0 Å². The first-order chi connectivity index (χ1) is 8.39. The number of ether oxygens (including phenoxy) is 1. The van der Waals surface area contributed by atoms with E-state index in [-0.39, 0.29) is 0 Å². The van der Waals surface area contributed by atoms with Gasteiger partial charge >= 0.3 is 0 Å². The van der Waals surface area contributed by atoms with Gasteiger partial charge in [-0.05, 0) is 44.4 Å². The van der Waals surface area contributed by atoms with Gasteiger partial charge in [-0.15, -0.1) is 0 Å². The van der Waals surface area contributed by atoms with Gasteiger partial charge in [-0.2, -0.15) is 0 Å². The molecule has 0 radical (unpaired) electrons. The largest absolute Gasteiger partial charge is 0.381 e. The van der Waals surface area contributed by atoms with Crippen LogP contribution in [0.3, 0.4) is 0 Å². The molecule has 0 aliphatic carbocycles. The van der Waals surface area contributed by atoms with E-state index in [1.165, 1.54) is 19.3 Å². The summed E-state index contributed by atoms with van der Waals surface area (Å²) in [5, 5.41) is 7.35. The number of nitrogens with one attached hydrogen (secondary N) is 2. The Labute approximate surface area is 112 Å². The molecule has 2 N–H and O–H groups in total. The molecule has 3 heteroatoms. The maximum Gasteiger partial charge on any atom is 0.0468 e. The molecular weight excluding hydrogens is 224 g/mol. The molecule has 3 nitrogen and oxygen atoms in total. The van der Waals surface area contributed by atoms with Crippen molar-refractivity contribution in [3.05, 3.63) is 0 Å². The van der Waals surface area contributed by atoms with Crippen LogP contribution in [0.2, 0.25) is 0 Å². The van der Waals surface area contributed by atoms with Crippen LogP contribution < -0.4 is 10.6 Å². The molecule has 2 aliphatic rings. The van der Waals surface area contributed by atoms with Crippen molar-refractivity contribution in [2.24, 2.45) is 11.3 Å². The molecule has 0 spiro atoms. The lowest BCUT2D eigenvalue weighted by atomic mass is 9.74. The summed E-state index contributed by atoms with van der Waals surface area (Å²) in [5.74, 6) is 0.807. The molecule has 0 aromatic rings. The molecule has 0 amide bonds. The highest BCUT2D eigenvalue weighted by atomic mass is 16.5. The zero-order chi connectivity index (χ0) is 13.2. The number of hydrogen-bond acceptors (Lipinski definition) is 3. The van der Waals surface area contributed by atoms with Gasteiger partial charge in [0.2, 0.25) is 0 Å². The fraction of sp³-hybridized carbons (Fsp3) is 1.00. The molecular formula is C15H30N2O. The third kappa shape index (κ3) is 3.69. The van der Waals surface area contributed by atoms with Crippen LogP contribution in [0, 0.1) is 11.3 Å². The summed E-state index contributed by atoms with van der Waals surface area (Å²) in [6, 6.07) is 0.638. The van der Waals surface area contributed by atoms with Gasteiger partial charge in [0.05, 0.1) is 0 Å². The minimum atomic E-state index is 0.306. The van der Waals surface area contributed by atoms with E-state index in [0.717, 1.165) is 32.2 Å². The molecule has 2 aliphatic heterocycles. The van der Waals surface area contributed by atoms with E-state index in [1.807, 2.05) is 0 Å². The summed E-state index contributed by atoms with van der Waals surface area (Å²) in [4.78, 5) is 0. The third-order valence-electron chi connectivity index (χ3n) is 4.76. The summed E-state index contributed by atoms with van der Waals surface area (Å²) >= 11 is 0. The molecule has 0 aromatic heterocycles. The third-order valence-corrected chi connectivity index (χ3v) is 4.76. The number of hydrogen-bond donors (Lipinski definition) is 2. The topological polar surface area (TPSA) is 33.3 Å². The Kier molecular flexibility index (Phi) is 4.35. The van der Waals surface area contributed by atoms with Crippen molar-refractivity contribution in [2.45, 2.75) is 58.5 Å². The predicted octanol–water partition coefficient (Wildman–Crippen LogP) is 2.17. The second kappa shape index (κ2) is 5.48. The maximum absolute atomic E-state index is 5.47. The Balaban J connectivity index is 1.78. The Morgan fingerprint density at radius 2 is 1.94 bits per heavy atom. The highest BCUT2D eigenvalue weighted by Crippen LogP contribution is 2.34. The molecule has 0 aromatic carbocycles. The highest BCUT2D eigenvalue weighted by molar-refractivity contribution is 4.94. The minimum absolute atomic E-state index is 0.306. The maximum atomic E-state index is 5.47. The van der Waals surface area contributed by atoms with Crippen molar-refractivity contribution in [3.8, 4) is 0 Å². The first-order valence-corrected chi connectivity index (χ1v) is 7.45. The van der Waals surface area contributed by atoms with Crippen LogP contribution in [-0.4, -0.2) is 37.9 Å². The molecule has 2 rings (SSSR count). The molecule has 0 bridgehead atoms. The van der Waals surface area contributed by atoms with Crippen molar-refractivity contribution >= 4 is 0 Å². The van der Waals surface area contributed by atoms with Crippen LogP contribution in [0.25, 0.3) is 0 Å². The fourth-order valence-electron chi connectivity index (χ4n) is 3.33. The van der Waals surface area contributed by atoms with Crippen molar-refractivity contribution in [1.29, 1.82) is 0 Å². The van der Waals surface area contributed by atoms with Gasteiger partial charge in [0, 0.05) is 37.9 Å². The molecule has 1 unspecified atom stereocenters. The smallest absolute Gasteiger partial charge is 0.0468 e. The van der Waals surface area contributed by atoms with E-state index < -0.39 is 0 Å². The summed E-state index contributed by atoms with van der Waals surface area (Å²) in [5.41, 5.74) is 0.691. The summed E-state index contributed by atoms with van der Waals surface area (Å²) in [7, 11) is 0. The van der Waals surface area contributed by atoms with Crippen LogP contribution in [0.1, 0.15) is 47.0 Å². The first-order valence-electron chi connectivity index (χ1n) is 7.45. The van der Waals surface area contributed by atoms with Crippen molar-refractivity contribution in [2.75, 3.05) is 26.3 Å². The van der Waals surface area contributed by atoms with Gasteiger partial charge in [0.1, 0.15) is 0 Å². The lowest BCUT2D eigenvalue weighted by molar-refractivity contribution is 0.0221. The van der Waals surface area contributed by atoms with Crippen molar-refractivity contribution < 1.29 is 4.74 Å². The van der Waals surface area contributed by atoms with E-state index in [2.05, 4.69) is 38.3 Å². The lowest BCUT2D eigenvalue weighted by Crippen LogP contribution is -2.43. The van der Waals surface area contributed by atoms with Crippen molar-refractivity contribution in [3.63, 3.8) is 0 Å². The van der Waals surface area contributed by atoms with E-state index in [1.54, 1.807) is 0 Å². The molecule has 2 fully saturated rings. The van der Waals surface area contributed by atoms with Crippen LogP contribution >= 0.6 is 0 Å². The number of rotatable bonds is 4. The summed E-state index contributed by atoms with van der Waals surface area (Å²) in [6.07, 6.45) is 3.68. The minimum Gasteiger partial charge on any atom is -0.381 e. The average Bonchev–Trinajstić information content (AvgIpc) is 2.68. The Hall–Kier alpha value is -0.120. The Morgan fingerprint density at radius 1 is 1.28 bits per heavy atom. The van der Waals surface area contributed by atoms with Crippen molar-refractivity contribution in [1.82, 2.24) is 10.6 Å². The van der Waals surface area contributed by atoms with E-state index in [9.17, 15) is 0 Å². The van der Waals surface area contributed by atoms with E-state index in [4.69, 9.17) is 4.74 Å². The van der Waals surface area contributed by atoms with Gasteiger partial charge in [-0.25, -0.2) is 0 Å². The standard InChI is InChI=1S/C15H30N2O/c1-14(2,12-5-7-18-8-6-12)11-16-13-9-15(3,4)17-10-13/h12-13,16-17H,5-11H2,1-4H3. The van der Waals surface area contributed by atoms with Gasteiger partial charge in [-0.3, -0.25) is 0 Å². The molecule has 106 valence electrons. The predicted molar refractivity (Wildman–Crippen MR) is 75.8 cm³/mol. The monoisotopic (exact) mass is 254 g/mol. The summed E-state index contributed by atoms with van der Waals surface area (Å²) in [6.45, 7) is 13.5. The quantitative estimate of drug-likeness (QED) is 0.806. The lowest BCUT2D eigenvalue weighted by Gasteiger charge is -2.38. The highest BCUT2D eigenvalue weighted by Gasteiger charge is 2.34. The Bertz CT molecular complexity index is 270. The molecule has 0 saturated carbocycles. The van der Waals surface area contributed by atoms with Gasteiger partial charge in [0.25, 0.3) is 0 Å². The SMILES string of the molecule is CC1(C)CC(NCC(C)(C)C2CCOCC2)CN1. The Morgan fingerprint density at radius 3 is 2.50 bits per heavy atom. The van der Waals surface area contributed by atoms with Crippen LogP contribution in [0.4, 0.5) is 0 Å².